The smallest absolute Gasteiger partial charge is 0.228 e. The van der Waals surface area contributed by atoms with Gasteiger partial charge < -0.3 is 5.32 Å². The number of anilines is 1. The Labute approximate surface area is 145 Å². The Morgan fingerprint density at radius 2 is 1.92 bits per heavy atom. The maximum atomic E-state index is 13.3. The molecular weight excluding hydrogens is 317 g/mol. The van der Waals surface area contributed by atoms with Gasteiger partial charge in [0.05, 0.1) is 0 Å². The number of nitrogens with zero attached hydrogens (tertiary/aromatic N) is 2. The van der Waals surface area contributed by atoms with Gasteiger partial charge in [-0.05, 0) is 61.7 Å². The van der Waals surface area contributed by atoms with E-state index >= 15 is 0 Å². The zero-order chi connectivity index (χ0) is 17.4. The summed E-state index contributed by atoms with van der Waals surface area (Å²) in [6.45, 7) is 2.00. The third-order valence-electron chi connectivity index (χ3n) is 4.87. The summed E-state index contributed by atoms with van der Waals surface area (Å²) < 4.78 is 15.2. The van der Waals surface area contributed by atoms with Crippen LogP contribution >= 0.6 is 0 Å². The number of aryl methyl sites for hydroxylation is 1. The Morgan fingerprint density at radius 1 is 1.20 bits per heavy atom. The van der Waals surface area contributed by atoms with Crippen molar-refractivity contribution >= 4 is 17.4 Å². The Morgan fingerprint density at radius 3 is 2.64 bits per heavy atom. The molecule has 0 bridgehead atoms. The lowest BCUT2D eigenvalue weighted by molar-refractivity contribution is -0.119. The zero-order valence-corrected chi connectivity index (χ0v) is 14.1. The number of halogens is 1. The van der Waals surface area contributed by atoms with Gasteiger partial charge in [-0.15, -0.1) is 0 Å². The molecule has 4 rings (SSSR count). The summed E-state index contributed by atoms with van der Waals surface area (Å²) in [5, 5.41) is 3.08. The number of carbonyl (C=O) groups is 1. The number of hydrogen-bond acceptors (Lipinski definition) is 2. The number of rotatable bonds is 3. The van der Waals surface area contributed by atoms with E-state index in [9.17, 15) is 9.18 Å². The number of amides is 1. The standard InChI is InChI=1S/C20H20FN3O/c1-13-10-11-24-17(12-13)22-18(14-6-8-16(21)9-7-14)19(24)23-20(25)15-4-2-3-5-15/h6-12,15H,2-5H2,1H3,(H,23,25). The molecule has 2 aromatic heterocycles. The maximum Gasteiger partial charge on any atom is 0.228 e. The summed E-state index contributed by atoms with van der Waals surface area (Å²) in [7, 11) is 0. The lowest BCUT2D eigenvalue weighted by Gasteiger charge is -2.12. The Bertz CT molecular complexity index is 924. The second kappa shape index (κ2) is 6.31. The first kappa shape index (κ1) is 15.8. The van der Waals surface area contributed by atoms with Crippen molar-refractivity contribution < 1.29 is 9.18 Å². The van der Waals surface area contributed by atoms with Crippen molar-refractivity contribution in [1.82, 2.24) is 9.38 Å². The molecule has 1 aromatic carbocycles. The first-order valence-corrected chi connectivity index (χ1v) is 8.67. The molecule has 1 aliphatic rings. The van der Waals surface area contributed by atoms with Crippen LogP contribution < -0.4 is 5.32 Å². The SMILES string of the molecule is Cc1ccn2c(NC(=O)C3CCCC3)c(-c3ccc(F)cc3)nc2c1. The predicted octanol–water partition coefficient (Wildman–Crippen LogP) is 4.58. The molecule has 5 heteroatoms. The molecule has 1 fully saturated rings. The first-order chi connectivity index (χ1) is 12.1. The zero-order valence-electron chi connectivity index (χ0n) is 14.1. The van der Waals surface area contributed by atoms with E-state index in [-0.39, 0.29) is 17.6 Å². The lowest BCUT2D eigenvalue weighted by Crippen LogP contribution is -2.21. The summed E-state index contributed by atoms with van der Waals surface area (Å²) >= 11 is 0. The van der Waals surface area contributed by atoms with Crippen LogP contribution in [-0.2, 0) is 4.79 Å². The van der Waals surface area contributed by atoms with Gasteiger partial charge in [0.2, 0.25) is 5.91 Å². The molecule has 0 radical (unpaired) electrons. The van der Waals surface area contributed by atoms with Crippen molar-refractivity contribution in [2.75, 3.05) is 5.32 Å². The molecule has 0 saturated heterocycles. The van der Waals surface area contributed by atoms with Gasteiger partial charge in [0.15, 0.2) is 0 Å². The van der Waals surface area contributed by atoms with E-state index in [2.05, 4.69) is 10.3 Å². The molecule has 4 nitrogen and oxygen atoms in total. The number of imidazole rings is 1. The summed E-state index contributed by atoms with van der Waals surface area (Å²) in [5.41, 5.74) is 3.30. The van der Waals surface area contributed by atoms with Crippen molar-refractivity contribution in [3.63, 3.8) is 0 Å². The van der Waals surface area contributed by atoms with Gasteiger partial charge in [0, 0.05) is 17.7 Å². The summed E-state index contributed by atoms with van der Waals surface area (Å²) in [4.78, 5) is 17.3. The van der Waals surface area contributed by atoms with Gasteiger partial charge in [-0.1, -0.05) is 12.8 Å². The van der Waals surface area contributed by atoms with Crippen molar-refractivity contribution in [2.24, 2.45) is 5.92 Å². The van der Waals surface area contributed by atoms with Gasteiger partial charge in [0.25, 0.3) is 0 Å². The van der Waals surface area contributed by atoms with Crippen LogP contribution in [0.2, 0.25) is 0 Å². The minimum atomic E-state index is -0.292. The van der Waals surface area contributed by atoms with Crippen LogP contribution in [0.25, 0.3) is 16.9 Å². The van der Waals surface area contributed by atoms with E-state index in [0.29, 0.717) is 11.5 Å². The van der Waals surface area contributed by atoms with Crippen LogP contribution in [0.1, 0.15) is 31.2 Å². The second-order valence-electron chi connectivity index (χ2n) is 6.72. The quantitative estimate of drug-likeness (QED) is 0.760. The minimum absolute atomic E-state index is 0.0447. The lowest BCUT2D eigenvalue weighted by atomic mass is 10.1. The van der Waals surface area contributed by atoms with Gasteiger partial charge >= 0.3 is 0 Å². The van der Waals surface area contributed by atoms with Gasteiger partial charge in [-0.25, -0.2) is 9.37 Å². The monoisotopic (exact) mass is 337 g/mol. The minimum Gasteiger partial charge on any atom is -0.310 e. The number of carbonyl (C=O) groups excluding carboxylic acids is 1. The average molecular weight is 337 g/mol. The van der Waals surface area contributed by atoms with Crippen LogP contribution in [0.15, 0.2) is 42.6 Å². The van der Waals surface area contributed by atoms with E-state index < -0.39 is 0 Å². The van der Waals surface area contributed by atoms with E-state index in [0.717, 1.165) is 42.5 Å². The summed E-state index contributed by atoms with van der Waals surface area (Å²) in [6.07, 6.45) is 6.00. The second-order valence-corrected chi connectivity index (χ2v) is 6.72. The van der Waals surface area contributed by atoms with Crippen LogP contribution in [0.5, 0.6) is 0 Å². The van der Waals surface area contributed by atoms with Crippen molar-refractivity contribution in [1.29, 1.82) is 0 Å². The highest BCUT2D eigenvalue weighted by atomic mass is 19.1. The fourth-order valence-corrected chi connectivity index (χ4v) is 3.48. The van der Waals surface area contributed by atoms with Crippen LogP contribution in [0.3, 0.4) is 0 Å². The fourth-order valence-electron chi connectivity index (χ4n) is 3.48. The van der Waals surface area contributed by atoms with Gasteiger partial charge in [-0.3, -0.25) is 9.20 Å². The predicted molar refractivity (Wildman–Crippen MR) is 95.9 cm³/mol. The molecular formula is C20H20FN3O. The van der Waals surface area contributed by atoms with Crippen molar-refractivity contribution in [3.8, 4) is 11.3 Å². The van der Waals surface area contributed by atoms with Gasteiger partial charge in [-0.2, -0.15) is 0 Å². The van der Waals surface area contributed by atoms with Crippen molar-refractivity contribution in [2.45, 2.75) is 32.6 Å². The third-order valence-corrected chi connectivity index (χ3v) is 4.87. The summed E-state index contributed by atoms with van der Waals surface area (Å²) in [5.74, 6) is 0.471. The molecule has 0 aliphatic heterocycles. The Balaban J connectivity index is 1.80. The summed E-state index contributed by atoms with van der Waals surface area (Å²) in [6, 6.07) is 10.2. The molecule has 3 aromatic rings. The molecule has 128 valence electrons. The topological polar surface area (TPSA) is 46.4 Å². The average Bonchev–Trinajstić information content (AvgIpc) is 3.24. The molecule has 0 atom stereocenters. The molecule has 1 aliphatic carbocycles. The molecule has 0 unspecified atom stereocenters. The number of benzene rings is 1. The molecule has 1 N–H and O–H groups in total. The Hall–Kier alpha value is -2.69. The maximum absolute atomic E-state index is 13.3. The first-order valence-electron chi connectivity index (χ1n) is 8.67. The van der Waals surface area contributed by atoms with E-state index in [1.165, 1.54) is 12.1 Å². The number of hydrogen-bond donors (Lipinski definition) is 1. The van der Waals surface area contributed by atoms with E-state index in [1.54, 1.807) is 12.1 Å². The molecule has 1 saturated carbocycles. The van der Waals surface area contributed by atoms with E-state index in [1.807, 2.05) is 29.7 Å². The van der Waals surface area contributed by atoms with Crippen LogP contribution in [0, 0.1) is 18.7 Å². The van der Waals surface area contributed by atoms with E-state index in [4.69, 9.17) is 0 Å². The molecule has 2 heterocycles. The number of fused-ring (bicyclic) bond motifs is 1. The van der Waals surface area contributed by atoms with Gasteiger partial charge in [0.1, 0.15) is 23.0 Å². The third kappa shape index (κ3) is 3.02. The number of nitrogens with one attached hydrogen (secondary N) is 1. The highest BCUT2D eigenvalue weighted by molar-refractivity contribution is 5.96. The number of aromatic nitrogens is 2. The van der Waals surface area contributed by atoms with Crippen LogP contribution in [-0.4, -0.2) is 15.3 Å². The molecule has 0 spiro atoms. The Kier molecular flexibility index (Phi) is 3.99. The highest BCUT2D eigenvalue weighted by Gasteiger charge is 2.25. The number of pyridine rings is 1. The van der Waals surface area contributed by atoms with Crippen LogP contribution in [0.4, 0.5) is 10.2 Å². The molecule has 25 heavy (non-hydrogen) atoms. The van der Waals surface area contributed by atoms with Crippen molar-refractivity contribution in [3.05, 3.63) is 54.0 Å². The molecule has 1 amide bonds. The normalized spacial score (nSPS) is 15.0. The largest absolute Gasteiger partial charge is 0.310 e. The highest BCUT2D eigenvalue weighted by Crippen LogP contribution is 2.31. The fraction of sp³-hybridized carbons (Fsp3) is 0.300.